The van der Waals surface area contributed by atoms with Crippen molar-refractivity contribution in [1.82, 2.24) is 0 Å². The molecule has 1 aromatic rings. The Hall–Kier alpha value is -0.960. The van der Waals surface area contributed by atoms with Gasteiger partial charge in [0.1, 0.15) is 5.82 Å². The van der Waals surface area contributed by atoms with Gasteiger partial charge in [0.05, 0.1) is 0 Å². The van der Waals surface area contributed by atoms with Crippen LogP contribution in [0, 0.1) is 11.7 Å². The second-order valence-corrected chi connectivity index (χ2v) is 4.59. The Kier molecular flexibility index (Phi) is 3.00. The third-order valence-electron chi connectivity index (χ3n) is 2.36. The standard InChI is InChI=1S/C12H10BrFO/c13-10-4-5-11(14)9(7-10)3-6-12(15)8-1-2-8/h3-8H,1-2H2/b6-3+. The maximum atomic E-state index is 13.3. The van der Waals surface area contributed by atoms with Crippen LogP contribution in [0.2, 0.25) is 0 Å². The fraction of sp³-hybridized carbons (Fsp3) is 0.250. The summed E-state index contributed by atoms with van der Waals surface area (Å²) in [5.41, 5.74) is 0.443. The third kappa shape index (κ3) is 2.75. The van der Waals surface area contributed by atoms with Gasteiger partial charge in [0.2, 0.25) is 0 Å². The molecule has 0 radical (unpaired) electrons. The Labute approximate surface area is 96.1 Å². The minimum Gasteiger partial charge on any atom is -0.295 e. The molecule has 1 saturated carbocycles. The molecule has 0 aromatic heterocycles. The average Bonchev–Trinajstić information content (AvgIpc) is 3.02. The van der Waals surface area contributed by atoms with Crippen LogP contribution in [0.4, 0.5) is 4.39 Å². The summed E-state index contributed by atoms with van der Waals surface area (Å²) in [6, 6.07) is 4.67. The van der Waals surface area contributed by atoms with Gasteiger partial charge in [-0.25, -0.2) is 4.39 Å². The van der Waals surface area contributed by atoms with E-state index in [-0.39, 0.29) is 17.5 Å². The van der Waals surface area contributed by atoms with Crippen LogP contribution in [-0.2, 0) is 4.79 Å². The topological polar surface area (TPSA) is 17.1 Å². The quantitative estimate of drug-likeness (QED) is 0.766. The molecule has 0 bridgehead atoms. The Morgan fingerprint density at radius 2 is 2.20 bits per heavy atom. The number of hydrogen-bond donors (Lipinski definition) is 0. The van der Waals surface area contributed by atoms with Gasteiger partial charge in [0.15, 0.2) is 5.78 Å². The van der Waals surface area contributed by atoms with Crippen LogP contribution in [0.25, 0.3) is 6.08 Å². The van der Waals surface area contributed by atoms with E-state index in [2.05, 4.69) is 15.9 Å². The Morgan fingerprint density at radius 3 is 2.87 bits per heavy atom. The Morgan fingerprint density at radius 1 is 1.47 bits per heavy atom. The second-order valence-electron chi connectivity index (χ2n) is 3.68. The average molecular weight is 269 g/mol. The van der Waals surface area contributed by atoms with E-state index in [1.165, 1.54) is 12.1 Å². The normalized spacial score (nSPS) is 15.9. The van der Waals surface area contributed by atoms with Gasteiger partial charge < -0.3 is 0 Å². The first-order valence-electron chi connectivity index (χ1n) is 4.84. The van der Waals surface area contributed by atoms with Crippen LogP contribution >= 0.6 is 15.9 Å². The number of hydrogen-bond acceptors (Lipinski definition) is 1. The Bertz CT molecular complexity index is 422. The smallest absolute Gasteiger partial charge is 0.158 e. The summed E-state index contributed by atoms with van der Waals surface area (Å²) in [4.78, 5) is 11.4. The number of allylic oxidation sites excluding steroid dienone is 1. The highest BCUT2D eigenvalue weighted by molar-refractivity contribution is 9.10. The molecule has 0 atom stereocenters. The molecule has 0 aliphatic heterocycles. The molecule has 0 saturated heterocycles. The first-order chi connectivity index (χ1) is 7.16. The molecule has 1 aliphatic carbocycles. The lowest BCUT2D eigenvalue weighted by molar-refractivity contribution is -0.115. The number of benzene rings is 1. The van der Waals surface area contributed by atoms with Crippen LogP contribution in [0.3, 0.4) is 0 Å². The van der Waals surface area contributed by atoms with Crippen LogP contribution in [-0.4, -0.2) is 5.78 Å². The molecule has 0 amide bonds. The molecular formula is C12H10BrFO. The molecule has 1 fully saturated rings. The van der Waals surface area contributed by atoms with Crippen LogP contribution in [0.5, 0.6) is 0 Å². The van der Waals surface area contributed by atoms with Gasteiger partial charge >= 0.3 is 0 Å². The van der Waals surface area contributed by atoms with E-state index in [1.807, 2.05) is 0 Å². The van der Waals surface area contributed by atoms with E-state index in [9.17, 15) is 9.18 Å². The fourth-order valence-corrected chi connectivity index (χ4v) is 1.70. The minimum atomic E-state index is -0.307. The van der Waals surface area contributed by atoms with Crippen molar-refractivity contribution in [3.63, 3.8) is 0 Å². The third-order valence-corrected chi connectivity index (χ3v) is 2.86. The summed E-state index contributed by atoms with van der Waals surface area (Å²) in [7, 11) is 0. The molecule has 78 valence electrons. The molecule has 15 heavy (non-hydrogen) atoms. The van der Waals surface area contributed by atoms with Crippen molar-refractivity contribution in [3.8, 4) is 0 Å². The van der Waals surface area contributed by atoms with Crippen molar-refractivity contribution in [3.05, 3.63) is 40.1 Å². The molecule has 0 heterocycles. The molecule has 0 unspecified atom stereocenters. The minimum absolute atomic E-state index is 0.106. The van der Waals surface area contributed by atoms with E-state index in [1.54, 1.807) is 18.2 Å². The van der Waals surface area contributed by atoms with Crippen molar-refractivity contribution in [1.29, 1.82) is 0 Å². The lowest BCUT2D eigenvalue weighted by Crippen LogP contribution is -1.93. The van der Waals surface area contributed by atoms with Gasteiger partial charge in [0.25, 0.3) is 0 Å². The number of halogens is 2. The van der Waals surface area contributed by atoms with Gasteiger partial charge in [-0.15, -0.1) is 0 Å². The van der Waals surface area contributed by atoms with Crippen LogP contribution in [0.15, 0.2) is 28.7 Å². The summed E-state index contributed by atoms with van der Waals surface area (Å²) < 4.78 is 14.1. The van der Waals surface area contributed by atoms with Crippen molar-refractivity contribution in [2.45, 2.75) is 12.8 Å². The highest BCUT2D eigenvalue weighted by Crippen LogP contribution is 2.30. The number of rotatable bonds is 3. The van der Waals surface area contributed by atoms with Crippen molar-refractivity contribution in [2.75, 3.05) is 0 Å². The van der Waals surface area contributed by atoms with Crippen LogP contribution < -0.4 is 0 Å². The van der Waals surface area contributed by atoms with E-state index >= 15 is 0 Å². The van der Waals surface area contributed by atoms with E-state index in [0.717, 1.165) is 17.3 Å². The maximum absolute atomic E-state index is 13.3. The Balaban J connectivity index is 2.15. The van der Waals surface area contributed by atoms with E-state index in [4.69, 9.17) is 0 Å². The highest BCUT2D eigenvalue weighted by atomic mass is 79.9. The SMILES string of the molecule is O=C(/C=C/c1cc(Br)ccc1F)C1CC1. The van der Waals surface area contributed by atoms with E-state index in [0.29, 0.717) is 5.56 Å². The number of carbonyl (C=O) groups excluding carboxylic acids is 1. The lowest BCUT2D eigenvalue weighted by atomic mass is 10.1. The maximum Gasteiger partial charge on any atom is 0.158 e. The number of ketones is 1. The summed E-state index contributed by atoms with van der Waals surface area (Å²) >= 11 is 3.26. The van der Waals surface area contributed by atoms with Crippen molar-refractivity contribution >= 4 is 27.8 Å². The zero-order valence-corrected chi connectivity index (χ0v) is 9.63. The number of carbonyl (C=O) groups is 1. The van der Waals surface area contributed by atoms with Gasteiger partial charge in [-0.2, -0.15) is 0 Å². The van der Waals surface area contributed by atoms with Gasteiger partial charge in [-0.1, -0.05) is 15.9 Å². The zero-order valence-electron chi connectivity index (χ0n) is 8.04. The monoisotopic (exact) mass is 268 g/mol. The molecule has 0 N–H and O–H groups in total. The predicted molar refractivity (Wildman–Crippen MR) is 60.9 cm³/mol. The van der Waals surface area contributed by atoms with E-state index < -0.39 is 0 Å². The zero-order chi connectivity index (χ0) is 10.8. The summed E-state index contributed by atoms with van der Waals surface area (Å²) in [5, 5.41) is 0. The fourth-order valence-electron chi connectivity index (χ4n) is 1.32. The largest absolute Gasteiger partial charge is 0.295 e. The van der Waals surface area contributed by atoms with Crippen molar-refractivity contribution < 1.29 is 9.18 Å². The van der Waals surface area contributed by atoms with Crippen LogP contribution in [0.1, 0.15) is 18.4 Å². The molecule has 1 aromatic carbocycles. The van der Waals surface area contributed by atoms with Gasteiger partial charge in [-0.05, 0) is 43.2 Å². The second kappa shape index (κ2) is 4.27. The van der Waals surface area contributed by atoms with Gasteiger partial charge in [-0.3, -0.25) is 4.79 Å². The van der Waals surface area contributed by atoms with Crippen molar-refractivity contribution in [2.24, 2.45) is 5.92 Å². The summed E-state index contributed by atoms with van der Waals surface area (Å²) in [6.45, 7) is 0. The lowest BCUT2D eigenvalue weighted by Gasteiger charge is -1.97. The molecule has 2 rings (SSSR count). The molecule has 1 aliphatic rings. The molecule has 3 heteroatoms. The summed E-state index contributed by atoms with van der Waals surface area (Å²) in [5.74, 6) is -0.0103. The first-order valence-corrected chi connectivity index (χ1v) is 5.63. The first kappa shape index (κ1) is 10.6. The summed E-state index contributed by atoms with van der Waals surface area (Å²) in [6.07, 6.45) is 4.97. The molecular weight excluding hydrogens is 259 g/mol. The van der Waals surface area contributed by atoms with Gasteiger partial charge in [0, 0.05) is 16.0 Å². The highest BCUT2D eigenvalue weighted by Gasteiger charge is 2.27. The molecule has 1 nitrogen and oxygen atoms in total. The predicted octanol–water partition coefficient (Wildman–Crippen LogP) is 3.58. The molecule has 0 spiro atoms.